The topological polar surface area (TPSA) is 75.7 Å². The summed E-state index contributed by atoms with van der Waals surface area (Å²) >= 11 is 0. The number of carbonyl (C=O) groups is 1. The number of hydrogen-bond acceptors (Lipinski definition) is 4. The first-order valence-corrected chi connectivity index (χ1v) is 8.28. The SMILES string of the molecule is CCOC(=O)C1CCN(S(=O)(=O)NC(C)CC)CC1. The summed E-state index contributed by atoms with van der Waals surface area (Å²) in [7, 11) is -3.42. The third-order valence-corrected chi connectivity index (χ3v) is 5.12. The third-order valence-electron chi connectivity index (χ3n) is 3.38. The summed E-state index contributed by atoms with van der Waals surface area (Å²) < 4.78 is 33.1. The molecule has 1 fully saturated rings. The van der Waals surface area contributed by atoms with E-state index in [1.54, 1.807) is 6.92 Å². The van der Waals surface area contributed by atoms with Crippen molar-refractivity contribution < 1.29 is 17.9 Å². The van der Waals surface area contributed by atoms with Gasteiger partial charge in [-0.05, 0) is 33.1 Å². The van der Waals surface area contributed by atoms with Gasteiger partial charge in [0.1, 0.15) is 0 Å². The molecule has 1 aliphatic rings. The highest BCUT2D eigenvalue weighted by molar-refractivity contribution is 7.87. The molecule has 0 aromatic carbocycles. The molecule has 0 aliphatic carbocycles. The molecule has 0 spiro atoms. The van der Waals surface area contributed by atoms with E-state index in [0.717, 1.165) is 6.42 Å². The van der Waals surface area contributed by atoms with Crippen molar-refractivity contribution in [3.05, 3.63) is 0 Å². The molecule has 0 bridgehead atoms. The highest BCUT2D eigenvalue weighted by atomic mass is 32.2. The fraction of sp³-hybridized carbons (Fsp3) is 0.917. The van der Waals surface area contributed by atoms with Crippen LogP contribution in [0, 0.1) is 5.92 Å². The maximum absolute atomic E-state index is 12.1. The minimum atomic E-state index is -3.42. The minimum absolute atomic E-state index is 0.0761. The number of hydrogen-bond donors (Lipinski definition) is 1. The van der Waals surface area contributed by atoms with Crippen molar-refractivity contribution >= 4 is 16.2 Å². The number of carbonyl (C=O) groups excluding carboxylic acids is 1. The van der Waals surface area contributed by atoms with E-state index < -0.39 is 10.2 Å². The number of piperidine rings is 1. The summed E-state index contributed by atoms with van der Waals surface area (Å²) in [5.41, 5.74) is 0. The summed E-state index contributed by atoms with van der Waals surface area (Å²) in [6.07, 6.45) is 1.80. The Hall–Kier alpha value is -0.660. The first kappa shape index (κ1) is 16.4. The quantitative estimate of drug-likeness (QED) is 0.738. The van der Waals surface area contributed by atoms with Crippen molar-refractivity contribution in [3.63, 3.8) is 0 Å². The van der Waals surface area contributed by atoms with Gasteiger partial charge in [-0.1, -0.05) is 6.92 Å². The van der Waals surface area contributed by atoms with Crippen molar-refractivity contribution in [1.29, 1.82) is 0 Å². The second-order valence-electron chi connectivity index (χ2n) is 4.86. The van der Waals surface area contributed by atoms with E-state index in [-0.39, 0.29) is 17.9 Å². The van der Waals surface area contributed by atoms with E-state index in [4.69, 9.17) is 4.74 Å². The molecular formula is C12H24N2O4S. The molecule has 0 aromatic heterocycles. The molecule has 0 radical (unpaired) electrons. The number of nitrogens with one attached hydrogen (secondary N) is 1. The standard InChI is InChI=1S/C12H24N2O4S/c1-4-10(3)13-19(16,17)14-8-6-11(7-9-14)12(15)18-5-2/h10-11,13H,4-9H2,1-3H3. The van der Waals surface area contributed by atoms with Crippen molar-refractivity contribution in [3.8, 4) is 0 Å². The lowest BCUT2D eigenvalue weighted by atomic mass is 9.98. The molecule has 1 N–H and O–H groups in total. The molecule has 1 unspecified atom stereocenters. The Labute approximate surface area is 115 Å². The fourth-order valence-electron chi connectivity index (χ4n) is 2.00. The van der Waals surface area contributed by atoms with E-state index in [2.05, 4.69) is 4.72 Å². The van der Waals surface area contributed by atoms with Gasteiger partial charge in [0.05, 0.1) is 12.5 Å². The zero-order chi connectivity index (χ0) is 14.5. The Kier molecular flexibility index (Phi) is 6.22. The zero-order valence-corrected chi connectivity index (χ0v) is 12.7. The molecule has 1 aliphatic heterocycles. The van der Waals surface area contributed by atoms with Crippen LogP contribution in [-0.4, -0.2) is 44.4 Å². The largest absolute Gasteiger partial charge is 0.466 e. The molecule has 0 amide bonds. The van der Waals surface area contributed by atoms with Crippen LogP contribution in [0.5, 0.6) is 0 Å². The normalized spacial score (nSPS) is 20.2. The highest BCUT2D eigenvalue weighted by Gasteiger charge is 2.32. The second kappa shape index (κ2) is 7.21. The zero-order valence-electron chi connectivity index (χ0n) is 11.9. The van der Waals surface area contributed by atoms with Gasteiger partial charge in [-0.15, -0.1) is 0 Å². The Bertz CT molecular complexity index is 389. The van der Waals surface area contributed by atoms with Gasteiger partial charge in [0.15, 0.2) is 0 Å². The van der Waals surface area contributed by atoms with Gasteiger partial charge >= 0.3 is 5.97 Å². The average Bonchev–Trinajstić information content (AvgIpc) is 2.38. The van der Waals surface area contributed by atoms with Crippen molar-refractivity contribution in [1.82, 2.24) is 9.03 Å². The van der Waals surface area contributed by atoms with E-state index >= 15 is 0 Å². The molecule has 0 saturated carbocycles. The van der Waals surface area contributed by atoms with Gasteiger partial charge in [-0.2, -0.15) is 17.4 Å². The molecule has 1 saturated heterocycles. The van der Waals surface area contributed by atoms with Crippen LogP contribution in [0.15, 0.2) is 0 Å². The van der Waals surface area contributed by atoms with Crippen LogP contribution in [0.1, 0.15) is 40.0 Å². The van der Waals surface area contributed by atoms with Crippen LogP contribution in [0.3, 0.4) is 0 Å². The van der Waals surface area contributed by atoms with Crippen LogP contribution >= 0.6 is 0 Å². The first-order chi connectivity index (χ1) is 8.90. The number of nitrogens with zero attached hydrogens (tertiary/aromatic N) is 1. The van der Waals surface area contributed by atoms with Crippen LogP contribution in [0.25, 0.3) is 0 Å². The molecule has 0 aromatic rings. The molecule has 1 heterocycles. The van der Waals surface area contributed by atoms with Crippen LogP contribution < -0.4 is 4.72 Å². The summed E-state index contributed by atoms with van der Waals surface area (Å²) in [6, 6.07) is -0.0761. The van der Waals surface area contributed by atoms with Gasteiger partial charge in [0, 0.05) is 19.1 Å². The van der Waals surface area contributed by atoms with E-state index in [9.17, 15) is 13.2 Å². The fourth-order valence-corrected chi connectivity index (χ4v) is 3.52. The second-order valence-corrected chi connectivity index (χ2v) is 6.56. The Morgan fingerprint density at radius 1 is 1.37 bits per heavy atom. The van der Waals surface area contributed by atoms with Gasteiger partial charge in [-0.3, -0.25) is 4.79 Å². The Balaban J connectivity index is 2.51. The van der Waals surface area contributed by atoms with Crippen LogP contribution in [0.4, 0.5) is 0 Å². The summed E-state index contributed by atoms with van der Waals surface area (Å²) in [5, 5.41) is 0. The lowest BCUT2D eigenvalue weighted by Gasteiger charge is -2.30. The molecule has 19 heavy (non-hydrogen) atoms. The Morgan fingerprint density at radius 2 is 1.95 bits per heavy atom. The molecular weight excluding hydrogens is 268 g/mol. The minimum Gasteiger partial charge on any atom is -0.466 e. The number of ether oxygens (including phenoxy) is 1. The van der Waals surface area contributed by atoms with Gasteiger partial charge in [0.25, 0.3) is 10.2 Å². The Morgan fingerprint density at radius 3 is 2.42 bits per heavy atom. The summed E-state index contributed by atoms with van der Waals surface area (Å²) in [5.74, 6) is -0.385. The molecule has 1 rings (SSSR count). The van der Waals surface area contributed by atoms with Crippen LogP contribution in [0.2, 0.25) is 0 Å². The smallest absolute Gasteiger partial charge is 0.309 e. The summed E-state index contributed by atoms with van der Waals surface area (Å²) in [6.45, 7) is 6.65. The van der Waals surface area contributed by atoms with Gasteiger partial charge < -0.3 is 4.74 Å². The third kappa shape index (κ3) is 4.74. The van der Waals surface area contributed by atoms with Crippen LogP contribution in [-0.2, 0) is 19.7 Å². The average molecular weight is 292 g/mol. The van der Waals surface area contributed by atoms with Crippen molar-refractivity contribution in [2.75, 3.05) is 19.7 Å². The molecule has 6 nitrogen and oxygen atoms in total. The maximum atomic E-state index is 12.1. The van der Waals surface area contributed by atoms with E-state index in [0.29, 0.717) is 32.5 Å². The van der Waals surface area contributed by atoms with Gasteiger partial charge in [0.2, 0.25) is 0 Å². The maximum Gasteiger partial charge on any atom is 0.309 e. The molecule has 7 heteroatoms. The number of esters is 1. The lowest BCUT2D eigenvalue weighted by Crippen LogP contribution is -2.48. The van der Waals surface area contributed by atoms with Gasteiger partial charge in [-0.25, -0.2) is 0 Å². The van der Waals surface area contributed by atoms with E-state index in [1.807, 2.05) is 13.8 Å². The number of rotatable bonds is 6. The monoisotopic (exact) mass is 292 g/mol. The summed E-state index contributed by atoms with van der Waals surface area (Å²) in [4.78, 5) is 11.6. The van der Waals surface area contributed by atoms with Crippen molar-refractivity contribution in [2.45, 2.75) is 46.1 Å². The van der Waals surface area contributed by atoms with E-state index in [1.165, 1.54) is 4.31 Å². The molecule has 112 valence electrons. The first-order valence-electron chi connectivity index (χ1n) is 6.84. The molecule has 1 atom stereocenters. The predicted molar refractivity (Wildman–Crippen MR) is 72.7 cm³/mol. The predicted octanol–water partition coefficient (Wildman–Crippen LogP) is 0.894. The van der Waals surface area contributed by atoms with Crippen molar-refractivity contribution in [2.24, 2.45) is 5.92 Å². The highest BCUT2D eigenvalue weighted by Crippen LogP contribution is 2.20. The lowest BCUT2D eigenvalue weighted by molar-refractivity contribution is -0.149.